The van der Waals surface area contributed by atoms with E-state index in [1.807, 2.05) is 42.5 Å². The summed E-state index contributed by atoms with van der Waals surface area (Å²) in [5.41, 5.74) is 1.16. The number of aliphatic carboxylic acids is 1. The average Bonchev–Trinajstić information content (AvgIpc) is 2.59. The molecule has 0 saturated heterocycles. The molecule has 1 aliphatic carbocycles. The van der Waals surface area contributed by atoms with E-state index in [0.717, 1.165) is 30.6 Å². The fourth-order valence-corrected chi connectivity index (χ4v) is 3.86. The van der Waals surface area contributed by atoms with E-state index in [9.17, 15) is 9.59 Å². The molecule has 0 bridgehead atoms. The molecule has 0 atom stereocenters. The van der Waals surface area contributed by atoms with Crippen LogP contribution >= 0.6 is 11.8 Å². The minimum atomic E-state index is -0.867. The third kappa shape index (κ3) is 4.63. The van der Waals surface area contributed by atoms with E-state index in [1.54, 1.807) is 11.8 Å². The lowest BCUT2D eigenvalue weighted by molar-refractivity contribution is -0.139. The Hall–Kier alpha value is -2.27. The summed E-state index contributed by atoms with van der Waals surface area (Å²) in [5.74, 6) is -0.217. The summed E-state index contributed by atoms with van der Waals surface area (Å²) in [4.78, 5) is 24.6. The van der Waals surface area contributed by atoms with Gasteiger partial charge < -0.3 is 10.4 Å². The van der Waals surface area contributed by atoms with Gasteiger partial charge in [-0.1, -0.05) is 30.3 Å². The van der Waals surface area contributed by atoms with Crippen molar-refractivity contribution in [2.24, 2.45) is 0 Å². The van der Waals surface area contributed by atoms with E-state index >= 15 is 0 Å². The van der Waals surface area contributed by atoms with Crippen molar-refractivity contribution in [1.82, 2.24) is 5.32 Å². The second-order valence-corrected chi connectivity index (χ2v) is 7.51. The molecule has 2 N–H and O–H groups in total. The van der Waals surface area contributed by atoms with Gasteiger partial charge in [0.2, 0.25) is 0 Å². The maximum atomic E-state index is 12.4. The molecule has 2 aromatic carbocycles. The highest BCUT2D eigenvalue weighted by Crippen LogP contribution is 2.35. The number of carbonyl (C=O) groups is 2. The molecule has 0 radical (unpaired) electrons. The molecule has 25 heavy (non-hydrogen) atoms. The summed E-state index contributed by atoms with van der Waals surface area (Å²) in [5, 5.41) is 12.0. The summed E-state index contributed by atoms with van der Waals surface area (Å²) in [6.45, 7) is 0. The van der Waals surface area contributed by atoms with Gasteiger partial charge in [-0.15, -0.1) is 11.8 Å². The van der Waals surface area contributed by atoms with Crippen LogP contribution in [-0.4, -0.2) is 22.5 Å². The summed E-state index contributed by atoms with van der Waals surface area (Å²) in [6, 6.07) is 17.7. The van der Waals surface area contributed by atoms with Gasteiger partial charge in [0.05, 0.1) is 12.0 Å². The van der Waals surface area contributed by atoms with E-state index in [4.69, 9.17) is 5.11 Å². The summed E-state index contributed by atoms with van der Waals surface area (Å²) >= 11 is 1.75. The smallest absolute Gasteiger partial charge is 0.305 e. The molecule has 3 rings (SSSR count). The van der Waals surface area contributed by atoms with Crippen molar-refractivity contribution in [2.45, 2.75) is 41.9 Å². The number of carbonyl (C=O) groups excluding carboxylic acids is 1. The van der Waals surface area contributed by atoms with Crippen molar-refractivity contribution >= 4 is 23.6 Å². The molecular formula is C20H21NO3S. The van der Waals surface area contributed by atoms with Crippen molar-refractivity contribution in [3.05, 3.63) is 65.7 Å². The quantitative estimate of drug-likeness (QED) is 0.734. The van der Waals surface area contributed by atoms with Gasteiger partial charge >= 0.3 is 5.97 Å². The minimum Gasteiger partial charge on any atom is -0.481 e. The van der Waals surface area contributed by atoms with Crippen LogP contribution in [0.1, 0.15) is 41.6 Å². The molecule has 1 fully saturated rings. The number of hydrogen-bond acceptors (Lipinski definition) is 3. The van der Waals surface area contributed by atoms with Crippen LogP contribution in [0.4, 0.5) is 0 Å². The zero-order chi connectivity index (χ0) is 17.7. The van der Waals surface area contributed by atoms with Gasteiger partial charge in [-0.2, -0.15) is 0 Å². The SMILES string of the molecule is O=C(O)CC1(NC(=O)c2ccc(CSc3ccccc3)cc2)CCC1. The van der Waals surface area contributed by atoms with Gasteiger partial charge in [0.1, 0.15) is 0 Å². The molecule has 0 aromatic heterocycles. The third-order valence-electron chi connectivity index (χ3n) is 4.54. The van der Waals surface area contributed by atoms with Gasteiger partial charge in [-0.25, -0.2) is 0 Å². The van der Waals surface area contributed by atoms with Crippen LogP contribution in [0.3, 0.4) is 0 Å². The van der Waals surface area contributed by atoms with Gasteiger partial charge in [0.25, 0.3) is 5.91 Å². The van der Waals surface area contributed by atoms with Gasteiger partial charge in [0.15, 0.2) is 0 Å². The molecule has 2 aromatic rings. The molecule has 5 heteroatoms. The number of thioether (sulfide) groups is 1. The summed E-state index contributed by atoms with van der Waals surface area (Å²) in [6.07, 6.45) is 2.42. The Morgan fingerprint density at radius 3 is 2.28 bits per heavy atom. The van der Waals surface area contributed by atoms with E-state index in [1.165, 1.54) is 4.90 Å². The second kappa shape index (κ2) is 7.74. The third-order valence-corrected chi connectivity index (χ3v) is 5.63. The maximum absolute atomic E-state index is 12.4. The molecule has 0 spiro atoms. The first-order valence-corrected chi connectivity index (χ1v) is 9.36. The fourth-order valence-electron chi connectivity index (χ4n) is 2.99. The normalized spacial score (nSPS) is 15.2. The largest absolute Gasteiger partial charge is 0.481 e. The summed E-state index contributed by atoms with van der Waals surface area (Å²) < 4.78 is 0. The Labute approximate surface area is 151 Å². The van der Waals surface area contributed by atoms with Crippen molar-refractivity contribution in [3.8, 4) is 0 Å². The number of nitrogens with one attached hydrogen (secondary N) is 1. The zero-order valence-corrected chi connectivity index (χ0v) is 14.7. The molecule has 1 amide bonds. The van der Waals surface area contributed by atoms with Crippen molar-refractivity contribution in [1.29, 1.82) is 0 Å². The molecule has 4 nitrogen and oxygen atoms in total. The lowest BCUT2D eigenvalue weighted by Crippen LogP contribution is -2.54. The molecule has 130 valence electrons. The number of rotatable bonds is 7. The summed E-state index contributed by atoms with van der Waals surface area (Å²) in [7, 11) is 0. The van der Waals surface area contributed by atoms with Crippen LogP contribution in [0.25, 0.3) is 0 Å². The first-order valence-electron chi connectivity index (χ1n) is 8.37. The number of hydrogen-bond donors (Lipinski definition) is 2. The van der Waals surface area contributed by atoms with Gasteiger partial charge in [0, 0.05) is 16.2 Å². The highest BCUT2D eigenvalue weighted by atomic mass is 32.2. The van der Waals surface area contributed by atoms with Crippen molar-refractivity contribution < 1.29 is 14.7 Å². The Morgan fingerprint density at radius 2 is 1.72 bits per heavy atom. The lowest BCUT2D eigenvalue weighted by Gasteiger charge is -2.41. The van der Waals surface area contributed by atoms with Crippen LogP contribution in [0.5, 0.6) is 0 Å². The van der Waals surface area contributed by atoms with Crippen LogP contribution in [0, 0.1) is 0 Å². The lowest BCUT2D eigenvalue weighted by atomic mass is 9.74. The van der Waals surface area contributed by atoms with Crippen LogP contribution < -0.4 is 5.32 Å². The van der Waals surface area contributed by atoms with E-state index in [2.05, 4.69) is 17.4 Å². The minimum absolute atomic E-state index is 0.00939. The van der Waals surface area contributed by atoms with Crippen LogP contribution in [0.2, 0.25) is 0 Å². The molecule has 0 heterocycles. The molecule has 1 saturated carbocycles. The predicted molar refractivity (Wildman–Crippen MR) is 98.7 cm³/mol. The Bertz CT molecular complexity index is 739. The Morgan fingerprint density at radius 1 is 1.04 bits per heavy atom. The topological polar surface area (TPSA) is 66.4 Å². The highest BCUT2D eigenvalue weighted by Gasteiger charge is 2.40. The zero-order valence-electron chi connectivity index (χ0n) is 13.9. The number of carboxylic acid groups (broad SMARTS) is 1. The molecule has 0 unspecified atom stereocenters. The molecule has 1 aliphatic rings. The van der Waals surface area contributed by atoms with Crippen molar-refractivity contribution in [2.75, 3.05) is 0 Å². The Balaban J connectivity index is 1.58. The van der Waals surface area contributed by atoms with Gasteiger partial charge in [-0.05, 0) is 49.1 Å². The first-order chi connectivity index (χ1) is 12.1. The van der Waals surface area contributed by atoms with Crippen molar-refractivity contribution in [3.63, 3.8) is 0 Å². The molecular weight excluding hydrogens is 334 g/mol. The van der Waals surface area contributed by atoms with Crippen LogP contribution in [0.15, 0.2) is 59.5 Å². The standard InChI is InChI=1S/C20H21NO3S/c22-18(23)13-20(11-4-12-20)21-19(24)16-9-7-15(8-10-16)14-25-17-5-2-1-3-6-17/h1-3,5-10H,4,11-14H2,(H,21,24)(H,22,23). The van der Waals surface area contributed by atoms with Crippen LogP contribution in [-0.2, 0) is 10.5 Å². The fraction of sp³-hybridized carbons (Fsp3) is 0.300. The molecule has 0 aliphatic heterocycles. The monoisotopic (exact) mass is 355 g/mol. The maximum Gasteiger partial charge on any atom is 0.305 e. The number of benzene rings is 2. The van der Waals surface area contributed by atoms with E-state index in [-0.39, 0.29) is 12.3 Å². The average molecular weight is 355 g/mol. The van der Waals surface area contributed by atoms with E-state index < -0.39 is 11.5 Å². The second-order valence-electron chi connectivity index (χ2n) is 6.46. The number of carboxylic acids is 1. The van der Waals surface area contributed by atoms with E-state index in [0.29, 0.717) is 5.56 Å². The number of amides is 1. The van der Waals surface area contributed by atoms with Gasteiger partial charge in [-0.3, -0.25) is 9.59 Å². The predicted octanol–water partition coefficient (Wildman–Crippen LogP) is 4.11. The first kappa shape index (κ1) is 17.5. The highest BCUT2D eigenvalue weighted by molar-refractivity contribution is 7.98. The Kier molecular flexibility index (Phi) is 5.43.